The minimum atomic E-state index is -0.608. The molecule has 1 aliphatic rings. The first-order valence-corrected chi connectivity index (χ1v) is 11.5. The number of ether oxygens (including phenoxy) is 1. The number of amides is 2. The molecule has 7 nitrogen and oxygen atoms in total. The lowest BCUT2D eigenvalue weighted by molar-refractivity contribution is 0.0925. The van der Waals surface area contributed by atoms with Crippen molar-refractivity contribution in [3.05, 3.63) is 69.4 Å². The minimum Gasteiger partial charge on any atom is -0.376 e. The quantitative estimate of drug-likeness (QED) is 0.574. The third kappa shape index (κ3) is 7.25. The molecular weight excluding hydrogens is 425 g/mol. The van der Waals surface area contributed by atoms with Crippen LogP contribution in [0.5, 0.6) is 0 Å². The zero-order chi connectivity index (χ0) is 23.8. The maximum absolute atomic E-state index is 13.4. The van der Waals surface area contributed by atoms with Crippen molar-refractivity contribution in [2.24, 2.45) is 5.92 Å². The Labute approximate surface area is 193 Å². The van der Waals surface area contributed by atoms with Crippen LogP contribution in [-0.2, 0) is 17.7 Å². The van der Waals surface area contributed by atoms with Crippen molar-refractivity contribution < 1.29 is 18.7 Å². The van der Waals surface area contributed by atoms with Crippen LogP contribution in [0.1, 0.15) is 59.4 Å². The van der Waals surface area contributed by atoms with Crippen molar-refractivity contribution in [3.8, 4) is 0 Å². The van der Waals surface area contributed by atoms with Crippen LogP contribution in [0.25, 0.3) is 0 Å². The van der Waals surface area contributed by atoms with Crippen LogP contribution in [0, 0.1) is 11.7 Å². The average molecular weight is 458 g/mol. The van der Waals surface area contributed by atoms with Crippen LogP contribution >= 0.6 is 0 Å². The maximum Gasteiger partial charge on any atom is 0.256 e. The lowest BCUT2D eigenvalue weighted by Gasteiger charge is -2.16. The molecule has 2 amide bonds. The van der Waals surface area contributed by atoms with Gasteiger partial charge in [0.15, 0.2) is 0 Å². The van der Waals surface area contributed by atoms with Gasteiger partial charge >= 0.3 is 0 Å². The predicted molar refractivity (Wildman–Crippen MR) is 124 cm³/mol. The number of nitrogens with zero attached hydrogens (tertiary/aromatic N) is 1. The SMILES string of the molecule is CC(C)CCNC(=O)c1cn(C[C@H]2CCCO2)cc(C(=O)NCCc2cccc(F)c2)c1=O. The third-order valence-electron chi connectivity index (χ3n) is 5.60. The Kier molecular flexibility index (Phi) is 8.77. The van der Waals surface area contributed by atoms with Gasteiger partial charge in [0.05, 0.1) is 6.10 Å². The van der Waals surface area contributed by atoms with Gasteiger partial charge in [-0.25, -0.2) is 4.39 Å². The maximum atomic E-state index is 13.4. The van der Waals surface area contributed by atoms with E-state index >= 15 is 0 Å². The molecule has 1 aliphatic heterocycles. The van der Waals surface area contributed by atoms with Gasteiger partial charge in [0.1, 0.15) is 16.9 Å². The zero-order valence-corrected chi connectivity index (χ0v) is 19.2. The van der Waals surface area contributed by atoms with Gasteiger partial charge in [-0.3, -0.25) is 14.4 Å². The number of hydrogen-bond acceptors (Lipinski definition) is 4. The van der Waals surface area contributed by atoms with E-state index in [2.05, 4.69) is 24.5 Å². The lowest BCUT2D eigenvalue weighted by Crippen LogP contribution is -2.36. The molecule has 1 atom stereocenters. The van der Waals surface area contributed by atoms with Crippen molar-refractivity contribution in [1.82, 2.24) is 15.2 Å². The molecule has 1 aromatic heterocycles. The lowest BCUT2D eigenvalue weighted by atomic mass is 10.1. The van der Waals surface area contributed by atoms with E-state index in [1.165, 1.54) is 24.5 Å². The highest BCUT2D eigenvalue weighted by Crippen LogP contribution is 2.14. The smallest absolute Gasteiger partial charge is 0.256 e. The van der Waals surface area contributed by atoms with Gasteiger partial charge in [-0.1, -0.05) is 26.0 Å². The van der Waals surface area contributed by atoms with Crippen LogP contribution in [0.3, 0.4) is 0 Å². The highest BCUT2D eigenvalue weighted by Gasteiger charge is 2.22. The summed E-state index contributed by atoms with van der Waals surface area (Å²) in [6.45, 7) is 5.92. The molecule has 178 valence electrons. The summed E-state index contributed by atoms with van der Waals surface area (Å²) in [5.41, 5.74) is -0.0217. The molecule has 33 heavy (non-hydrogen) atoms. The molecular formula is C25H32FN3O4. The summed E-state index contributed by atoms with van der Waals surface area (Å²) in [7, 11) is 0. The van der Waals surface area contributed by atoms with Gasteiger partial charge in [-0.15, -0.1) is 0 Å². The Balaban J connectivity index is 1.76. The van der Waals surface area contributed by atoms with Crippen molar-refractivity contribution in [2.75, 3.05) is 19.7 Å². The van der Waals surface area contributed by atoms with Crippen molar-refractivity contribution in [1.29, 1.82) is 0 Å². The summed E-state index contributed by atoms with van der Waals surface area (Å²) in [6.07, 6.45) is 6.01. The molecule has 0 saturated carbocycles. The molecule has 2 N–H and O–H groups in total. The van der Waals surface area contributed by atoms with Gasteiger partial charge in [-0.05, 0) is 49.3 Å². The first-order valence-electron chi connectivity index (χ1n) is 11.5. The van der Waals surface area contributed by atoms with Crippen LogP contribution in [-0.4, -0.2) is 42.2 Å². The summed E-state index contributed by atoms with van der Waals surface area (Å²) >= 11 is 0. The van der Waals surface area contributed by atoms with Crippen molar-refractivity contribution >= 4 is 11.8 Å². The van der Waals surface area contributed by atoms with Crippen LogP contribution < -0.4 is 16.1 Å². The van der Waals surface area contributed by atoms with Crippen molar-refractivity contribution in [3.63, 3.8) is 0 Å². The molecule has 2 aromatic rings. The average Bonchev–Trinajstić information content (AvgIpc) is 3.27. The Morgan fingerprint density at radius 1 is 1.15 bits per heavy atom. The number of hydrogen-bond donors (Lipinski definition) is 2. The summed E-state index contributed by atoms with van der Waals surface area (Å²) in [6, 6.07) is 6.14. The molecule has 1 aromatic carbocycles. The van der Waals surface area contributed by atoms with E-state index < -0.39 is 17.2 Å². The number of aromatic nitrogens is 1. The van der Waals surface area contributed by atoms with Gasteiger partial charge in [0, 0.05) is 38.6 Å². The van der Waals surface area contributed by atoms with Gasteiger partial charge < -0.3 is 19.9 Å². The number of pyridine rings is 1. The summed E-state index contributed by atoms with van der Waals surface area (Å²) in [5.74, 6) is -0.978. The van der Waals surface area contributed by atoms with Crippen LogP contribution in [0.2, 0.25) is 0 Å². The Morgan fingerprint density at radius 2 is 1.85 bits per heavy atom. The van der Waals surface area contributed by atoms with Crippen LogP contribution in [0.15, 0.2) is 41.5 Å². The highest BCUT2D eigenvalue weighted by atomic mass is 19.1. The van der Waals surface area contributed by atoms with Crippen molar-refractivity contribution in [2.45, 2.75) is 52.2 Å². The molecule has 8 heteroatoms. The number of halogens is 1. The fourth-order valence-electron chi connectivity index (χ4n) is 3.76. The number of benzene rings is 1. The highest BCUT2D eigenvalue weighted by molar-refractivity contribution is 5.99. The molecule has 0 aliphatic carbocycles. The summed E-state index contributed by atoms with van der Waals surface area (Å²) in [5, 5.41) is 5.49. The van der Waals surface area contributed by atoms with E-state index in [0.29, 0.717) is 32.0 Å². The molecule has 3 rings (SSSR count). The summed E-state index contributed by atoms with van der Waals surface area (Å²) in [4.78, 5) is 38.5. The Morgan fingerprint density at radius 3 is 2.45 bits per heavy atom. The number of carbonyl (C=O) groups is 2. The summed E-state index contributed by atoms with van der Waals surface area (Å²) < 4.78 is 20.7. The van der Waals surface area contributed by atoms with Gasteiger partial charge in [-0.2, -0.15) is 0 Å². The standard InChI is InChI=1S/C25H32FN3O4/c1-17(2)8-10-27-24(31)21-15-29(14-20-7-4-12-33-20)16-22(23(21)30)25(32)28-11-9-18-5-3-6-19(26)13-18/h3,5-6,13,15-17,20H,4,7-12,14H2,1-2H3,(H,27,31)(H,28,32)/t20-/m1/s1. The molecule has 2 heterocycles. The number of nitrogens with one attached hydrogen (secondary N) is 2. The fraction of sp³-hybridized carbons (Fsp3) is 0.480. The number of carbonyl (C=O) groups excluding carboxylic acids is 2. The van der Waals surface area contributed by atoms with E-state index in [1.54, 1.807) is 16.7 Å². The largest absolute Gasteiger partial charge is 0.376 e. The first-order chi connectivity index (χ1) is 15.8. The molecule has 1 fully saturated rings. The van der Waals surface area contributed by atoms with Gasteiger partial charge in [0.25, 0.3) is 11.8 Å². The van der Waals surface area contributed by atoms with E-state index in [0.717, 1.165) is 24.8 Å². The third-order valence-corrected chi connectivity index (χ3v) is 5.60. The molecule has 0 spiro atoms. The normalized spacial score (nSPS) is 15.6. The van der Waals surface area contributed by atoms with E-state index in [4.69, 9.17) is 4.74 Å². The van der Waals surface area contributed by atoms with Crippen LogP contribution in [0.4, 0.5) is 4.39 Å². The molecule has 0 unspecified atom stereocenters. The Bertz CT molecular complexity index is 1030. The van der Waals surface area contributed by atoms with E-state index in [9.17, 15) is 18.8 Å². The molecule has 0 bridgehead atoms. The Hall–Kier alpha value is -3.00. The fourth-order valence-corrected chi connectivity index (χ4v) is 3.76. The second-order valence-corrected chi connectivity index (χ2v) is 8.82. The second kappa shape index (κ2) is 11.7. The minimum absolute atomic E-state index is 0.0201. The number of rotatable bonds is 10. The van der Waals surface area contributed by atoms with Gasteiger partial charge in [0.2, 0.25) is 5.43 Å². The first kappa shape index (κ1) is 24.6. The van der Waals surface area contributed by atoms with E-state index in [1.807, 2.05) is 0 Å². The second-order valence-electron chi connectivity index (χ2n) is 8.82. The van der Waals surface area contributed by atoms with E-state index in [-0.39, 0.29) is 29.6 Å². The molecule has 1 saturated heterocycles. The zero-order valence-electron chi connectivity index (χ0n) is 19.2. The monoisotopic (exact) mass is 457 g/mol. The predicted octanol–water partition coefficient (Wildman–Crippen LogP) is 2.91. The molecule has 0 radical (unpaired) electrons. The topological polar surface area (TPSA) is 89.4 Å².